The number of hydrogen-bond donors (Lipinski definition) is 1. The van der Waals surface area contributed by atoms with E-state index < -0.39 is 5.60 Å². The van der Waals surface area contributed by atoms with E-state index in [4.69, 9.17) is 4.74 Å². The lowest BCUT2D eigenvalue weighted by Gasteiger charge is -2.34. The maximum Gasteiger partial charge on any atom is 0.255 e. The Labute approximate surface area is 171 Å². The number of rotatable bonds is 3. The van der Waals surface area contributed by atoms with Gasteiger partial charge in [-0.05, 0) is 63.4 Å². The molecule has 2 heterocycles. The number of benzene rings is 2. The minimum absolute atomic E-state index is 0.00225. The molecule has 2 aliphatic rings. The third kappa shape index (κ3) is 4.27. The fourth-order valence-electron chi connectivity index (χ4n) is 3.82. The number of nitrogens with zero attached hydrogens (tertiary/aromatic N) is 2. The Bertz CT molecular complexity index is 929. The van der Waals surface area contributed by atoms with Crippen LogP contribution in [0.15, 0.2) is 42.5 Å². The van der Waals surface area contributed by atoms with Crippen molar-refractivity contribution in [1.82, 2.24) is 4.90 Å². The number of anilines is 2. The molecule has 1 N–H and O–H groups in total. The van der Waals surface area contributed by atoms with Gasteiger partial charge < -0.3 is 19.9 Å². The second kappa shape index (κ2) is 7.52. The van der Waals surface area contributed by atoms with Crippen molar-refractivity contribution >= 4 is 23.1 Å². The van der Waals surface area contributed by atoms with Crippen molar-refractivity contribution in [1.29, 1.82) is 0 Å². The Morgan fingerprint density at radius 2 is 1.72 bits per heavy atom. The first kappa shape index (κ1) is 19.5. The molecule has 6 heteroatoms. The van der Waals surface area contributed by atoms with Crippen molar-refractivity contribution in [3.63, 3.8) is 0 Å². The van der Waals surface area contributed by atoms with Gasteiger partial charge in [0.05, 0.1) is 12.0 Å². The second-order valence-corrected chi connectivity index (χ2v) is 8.46. The van der Waals surface area contributed by atoms with E-state index in [-0.39, 0.29) is 11.7 Å². The van der Waals surface area contributed by atoms with Crippen LogP contribution in [0.5, 0.6) is 5.75 Å². The predicted octanol–water partition coefficient (Wildman–Crippen LogP) is 3.43. The molecule has 0 atom stereocenters. The Balaban J connectivity index is 1.44. The highest BCUT2D eigenvalue weighted by Gasteiger charge is 2.32. The van der Waals surface area contributed by atoms with Crippen LogP contribution >= 0.6 is 0 Å². The van der Waals surface area contributed by atoms with Crippen LogP contribution in [0.25, 0.3) is 0 Å². The molecule has 6 nitrogen and oxygen atoms in total. The first-order valence-electron chi connectivity index (χ1n) is 10.0. The average Bonchev–Trinajstić information content (AvgIpc) is 2.68. The highest BCUT2D eigenvalue weighted by molar-refractivity contribution is 6.07. The molecule has 0 aromatic heterocycles. The summed E-state index contributed by atoms with van der Waals surface area (Å²) >= 11 is 0. The number of ketones is 1. The third-order valence-electron chi connectivity index (χ3n) is 5.51. The van der Waals surface area contributed by atoms with Crippen molar-refractivity contribution in [2.75, 3.05) is 43.4 Å². The monoisotopic (exact) mass is 393 g/mol. The summed E-state index contributed by atoms with van der Waals surface area (Å²) < 4.78 is 5.86. The summed E-state index contributed by atoms with van der Waals surface area (Å²) in [5.41, 5.74) is 2.30. The molecule has 0 saturated carbocycles. The van der Waals surface area contributed by atoms with Crippen molar-refractivity contribution < 1.29 is 14.3 Å². The molecule has 0 radical (unpaired) electrons. The van der Waals surface area contributed by atoms with Gasteiger partial charge in [0.2, 0.25) is 0 Å². The number of fused-ring (bicyclic) bond motifs is 1. The zero-order valence-corrected chi connectivity index (χ0v) is 17.2. The molecular formula is C23H27N3O3. The number of amides is 1. The predicted molar refractivity (Wildman–Crippen MR) is 114 cm³/mol. The number of ether oxygens (including phenoxy) is 1. The minimum atomic E-state index is -0.515. The molecule has 2 aromatic rings. The molecule has 4 rings (SSSR count). The molecule has 2 aromatic carbocycles. The summed E-state index contributed by atoms with van der Waals surface area (Å²) in [6.07, 6.45) is 0.304. The molecule has 0 aliphatic carbocycles. The fraction of sp³-hybridized carbons (Fsp3) is 0.391. The maximum absolute atomic E-state index is 12.7. The summed E-state index contributed by atoms with van der Waals surface area (Å²) in [6, 6.07) is 12.9. The van der Waals surface area contributed by atoms with Crippen LogP contribution < -0.4 is 15.0 Å². The van der Waals surface area contributed by atoms with Crippen LogP contribution in [0, 0.1) is 0 Å². The van der Waals surface area contributed by atoms with Gasteiger partial charge in [-0.25, -0.2) is 0 Å². The van der Waals surface area contributed by atoms with E-state index in [0.29, 0.717) is 23.3 Å². The van der Waals surface area contributed by atoms with Gasteiger partial charge in [0.25, 0.3) is 5.91 Å². The summed E-state index contributed by atoms with van der Waals surface area (Å²) in [5.74, 6) is 0.305. The number of likely N-dealkylation sites (N-methyl/N-ethyl adjacent to an activating group) is 1. The van der Waals surface area contributed by atoms with Gasteiger partial charge in [-0.2, -0.15) is 0 Å². The third-order valence-corrected chi connectivity index (χ3v) is 5.51. The lowest BCUT2D eigenvalue weighted by Crippen LogP contribution is -2.44. The molecule has 1 fully saturated rings. The zero-order chi connectivity index (χ0) is 20.6. The van der Waals surface area contributed by atoms with E-state index in [2.05, 4.69) is 22.2 Å². The second-order valence-electron chi connectivity index (χ2n) is 8.46. The van der Waals surface area contributed by atoms with E-state index in [1.807, 2.05) is 38.1 Å². The normalized spacial score (nSPS) is 18.7. The largest absolute Gasteiger partial charge is 0.487 e. The Morgan fingerprint density at radius 3 is 2.41 bits per heavy atom. The summed E-state index contributed by atoms with van der Waals surface area (Å²) in [4.78, 5) is 29.8. The molecule has 152 valence electrons. The van der Waals surface area contributed by atoms with Gasteiger partial charge >= 0.3 is 0 Å². The van der Waals surface area contributed by atoms with Gasteiger partial charge in [0.1, 0.15) is 11.4 Å². The average molecular weight is 393 g/mol. The standard InChI is InChI=1S/C23H27N3O3/c1-23(2)15-20(27)19-14-16(4-9-21(19)29-23)22(28)24-17-5-7-18(8-6-17)26-12-10-25(3)11-13-26/h4-9,14H,10-13,15H2,1-3H3,(H,24,28). The van der Waals surface area contributed by atoms with Crippen LogP contribution in [-0.4, -0.2) is 55.4 Å². The van der Waals surface area contributed by atoms with Gasteiger partial charge in [-0.1, -0.05) is 0 Å². The fourth-order valence-corrected chi connectivity index (χ4v) is 3.82. The SMILES string of the molecule is CN1CCN(c2ccc(NC(=O)c3ccc4c(c3)C(=O)CC(C)(C)O4)cc2)CC1. The molecule has 1 saturated heterocycles. The van der Waals surface area contributed by atoms with Crippen LogP contribution in [0.2, 0.25) is 0 Å². The smallest absolute Gasteiger partial charge is 0.255 e. The van der Waals surface area contributed by atoms with Crippen LogP contribution in [-0.2, 0) is 0 Å². The van der Waals surface area contributed by atoms with Crippen LogP contribution in [0.1, 0.15) is 41.0 Å². The van der Waals surface area contributed by atoms with Crippen LogP contribution in [0.3, 0.4) is 0 Å². The summed E-state index contributed by atoms with van der Waals surface area (Å²) in [5, 5.41) is 2.92. The highest BCUT2D eigenvalue weighted by atomic mass is 16.5. The molecular weight excluding hydrogens is 366 g/mol. The Kier molecular flexibility index (Phi) is 5.04. The minimum Gasteiger partial charge on any atom is -0.487 e. The Hall–Kier alpha value is -2.86. The van der Waals surface area contributed by atoms with Gasteiger partial charge in [0, 0.05) is 43.1 Å². The number of Topliss-reactive ketones (excluding diaryl/α,β-unsaturated/α-hetero) is 1. The highest BCUT2D eigenvalue weighted by Crippen LogP contribution is 2.33. The molecule has 2 aliphatic heterocycles. The van der Waals surface area contributed by atoms with E-state index in [1.165, 1.54) is 0 Å². The lowest BCUT2D eigenvalue weighted by atomic mass is 9.92. The van der Waals surface area contributed by atoms with Gasteiger partial charge in [0.15, 0.2) is 5.78 Å². The quantitative estimate of drug-likeness (QED) is 0.866. The first-order chi connectivity index (χ1) is 13.8. The van der Waals surface area contributed by atoms with E-state index >= 15 is 0 Å². The number of carbonyl (C=O) groups excluding carboxylic acids is 2. The summed E-state index contributed by atoms with van der Waals surface area (Å²) in [6.45, 7) is 7.89. The van der Waals surface area contributed by atoms with Crippen molar-refractivity contribution in [2.45, 2.75) is 25.9 Å². The molecule has 0 bridgehead atoms. The van der Waals surface area contributed by atoms with Gasteiger partial charge in [-0.3, -0.25) is 9.59 Å². The Morgan fingerprint density at radius 1 is 1.03 bits per heavy atom. The van der Waals surface area contributed by atoms with Crippen molar-refractivity contribution in [3.05, 3.63) is 53.6 Å². The number of piperazine rings is 1. The lowest BCUT2D eigenvalue weighted by molar-refractivity contribution is 0.0620. The molecule has 0 spiro atoms. The first-order valence-corrected chi connectivity index (χ1v) is 10.0. The van der Waals surface area contributed by atoms with E-state index in [0.717, 1.165) is 37.6 Å². The number of hydrogen-bond acceptors (Lipinski definition) is 5. The topological polar surface area (TPSA) is 61.9 Å². The number of carbonyl (C=O) groups is 2. The van der Waals surface area contributed by atoms with Crippen molar-refractivity contribution in [2.24, 2.45) is 0 Å². The van der Waals surface area contributed by atoms with E-state index in [1.54, 1.807) is 18.2 Å². The van der Waals surface area contributed by atoms with E-state index in [9.17, 15) is 9.59 Å². The van der Waals surface area contributed by atoms with Crippen molar-refractivity contribution in [3.8, 4) is 5.75 Å². The zero-order valence-electron chi connectivity index (χ0n) is 17.2. The number of nitrogens with one attached hydrogen (secondary N) is 1. The maximum atomic E-state index is 12.7. The molecule has 0 unspecified atom stereocenters. The molecule has 1 amide bonds. The van der Waals surface area contributed by atoms with Crippen LogP contribution in [0.4, 0.5) is 11.4 Å². The summed E-state index contributed by atoms with van der Waals surface area (Å²) in [7, 11) is 2.14. The molecule has 29 heavy (non-hydrogen) atoms. The van der Waals surface area contributed by atoms with Gasteiger partial charge in [-0.15, -0.1) is 0 Å².